The van der Waals surface area contributed by atoms with Gasteiger partial charge in [-0.1, -0.05) is 75.0 Å². The summed E-state index contributed by atoms with van der Waals surface area (Å²) in [5.41, 5.74) is -0.222. The lowest BCUT2D eigenvalue weighted by atomic mass is 9.89. The van der Waals surface area contributed by atoms with Crippen LogP contribution in [0.15, 0.2) is 60.2 Å². The summed E-state index contributed by atoms with van der Waals surface area (Å²) >= 11 is 11.1. The minimum absolute atomic E-state index is 0.0609. The van der Waals surface area contributed by atoms with Crippen molar-refractivity contribution >= 4 is 23.2 Å². The molecule has 0 saturated heterocycles. The van der Waals surface area contributed by atoms with Gasteiger partial charge in [-0.25, -0.2) is 0 Å². The largest absolute Gasteiger partial charge is 0.191 e. The molecule has 3 nitrogen and oxygen atoms in total. The van der Waals surface area contributed by atoms with Crippen LogP contribution in [0.5, 0.6) is 0 Å². The molecule has 0 aliphatic carbocycles. The smallest absolute Gasteiger partial charge is 0.152 e. The molecule has 0 spiro atoms. The Balaban J connectivity index is -0.000000395. The molecule has 0 aliphatic heterocycles. The van der Waals surface area contributed by atoms with Gasteiger partial charge >= 0.3 is 0 Å². The fourth-order valence-corrected chi connectivity index (χ4v) is 2.81. The maximum Gasteiger partial charge on any atom is 0.152 e. The summed E-state index contributed by atoms with van der Waals surface area (Å²) in [7, 11) is 0. The van der Waals surface area contributed by atoms with Gasteiger partial charge in [0.1, 0.15) is 22.2 Å². The molecule has 0 aromatic rings. The molecule has 0 aliphatic rings. The molecule has 32 heavy (non-hydrogen) atoms. The maximum atomic E-state index is 8.39. The Bertz CT molecular complexity index is 808. The van der Waals surface area contributed by atoms with Crippen LogP contribution in [-0.4, -0.2) is 0 Å². The van der Waals surface area contributed by atoms with Crippen molar-refractivity contribution in [2.45, 2.75) is 60.8 Å². The monoisotopic (exact) mass is 471 g/mol. The number of hydrogen-bond acceptors (Lipinski definition) is 3. The van der Waals surface area contributed by atoms with Crippen molar-refractivity contribution in [3.63, 3.8) is 0 Å². The molecule has 0 radical (unpaired) electrons. The molecule has 0 unspecified atom stereocenters. The van der Waals surface area contributed by atoms with Gasteiger partial charge in [0.25, 0.3) is 0 Å². The molecule has 0 fully saturated rings. The molecule has 0 bridgehead atoms. The van der Waals surface area contributed by atoms with E-state index >= 15 is 0 Å². The zero-order valence-electron chi connectivity index (χ0n) is 20.2. The van der Waals surface area contributed by atoms with E-state index in [9.17, 15) is 0 Å². The van der Waals surface area contributed by atoms with Gasteiger partial charge in [0, 0.05) is 11.3 Å². The summed E-state index contributed by atoms with van der Waals surface area (Å²) in [5.74, 6) is 5.21. The van der Waals surface area contributed by atoms with Crippen LogP contribution in [0.1, 0.15) is 60.8 Å². The van der Waals surface area contributed by atoms with Crippen molar-refractivity contribution in [2.75, 3.05) is 0 Å². The average molecular weight is 473 g/mol. The van der Waals surface area contributed by atoms with Crippen molar-refractivity contribution in [3.8, 4) is 30.0 Å². The van der Waals surface area contributed by atoms with E-state index in [-0.39, 0.29) is 26.3 Å². The first kappa shape index (κ1) is 33.9. The Kier molecular flexibility index (Phi) is 19.0. The van der Waals surface area contributed by atoms with E-state index in [2.05, 4.69) is 31.6 Å². The Morgan fingerprint density at radius 1 is 0.719 bits per heavy atom. The van der Waals surface area contributed by atoms with Crippen molar-refractivity contribution in [1.29, 1.82) is 15.8 Å². The van der Waals surface area contributed by atoms with Crippen molar-refractivity contribution in [1.82, 2.24) is 0 Å². The quantitative estimate of drug-likeness (QED) is 0.202. The predicted molar refractivity (Wildman–Crippen MR) is 138 cm³/mol. The third-order valence-corrected chi connectivity index (χ3v) is 4.09. The lowest BCUT2D eigenvalue weighted by molar-refractivity contribution is 0.488. The first-order valence-corrected chi connectivity index (χ1v) is 10.7. The van der Waals surface area contributed by atoms with Gasteiger partial charge in [-0.15, -0.1) is 19.7 Å². The second-order valence-electron chi connectivity index (χ2n) is 8.91. The van der Waals surface area contributed by atoms with Crippen LogP contribution < -0.4 is 0 Å². The fourth-order valence-electron chi connectivity index (χ4n) is 2.22. The summed E-state index contributed by atoms with van der Waals surface area (Å²) in [5, 5.41) is 25.4. The topological polar surface area (TPSA) is 71.4 Å². The Morgan fingerprint density at radius 2 is 1.06 bits per heavy atom. The number of nitrogens with zero attached hydrogens (tertiary/aromatic N) is 3. The van der Waals surface area contributed by atoms with Crippen LogP contribution in [0.3, 0.4) is 0 Å². The minimum atomic E-state index is -0.0997. The van der Waals surface area contributed by atoms with Crippen molar-refractivity contribution in [2.24, 2.45) is 16.2 Å². The fraction of sp³-hybridized carbons (Fsp3) is 0.444. The molecule has 0 saturated carbocycles. The summed E-state index contributed by atoms with van der Waals surface area (Å²) in [4.78, 5) is 0. The summed E-state index contributed by atoms with van der Waals surface area (Å²) in [6, 6.07) is 5.53. The molecule has 0 aromatic carbocycles. The van der Waals surface area contributed by atoms with E-state index in [0.717, 1.165) is 19.3 Å². The summed E-state index contributed by atoms with van der Waals surface area (Å²) < 4.78 is 0. The number of hydrogen-bond donors (Lipinski definition) is 0. The van der Waals surface area contributed by atoms with Gasteiger partial charge in [0.05, 0.1) is 0 Å². The molecule has 172 valence electrons. The normalized spacial score (nSPS) is 11.3. The number of allylic oxidation sites excluding steroid dienone is 7. The molecular weight excluding hydrogens is 437 g/mol. The molecule has 0 N–H and O–H groups in total. The highest BCUT2D eigenvalue weighted by atomic mass is 35.5. The second kappa shape index (κ2) is 17.9. The zero-order valence-corrected chi connectivity index (χ0v) is 21.7. The summed E-state index contributed by atoms with van der Waals surface area (Å²) in [6.45, 7) is 22.9. The van der Waals surface area contributed by atoms with E-state index in [1.54, 1.807) is 18.2 Å². The van der Waals surface area contributed by atoms with Gasteiger partial charge in [0.2, 0.25) is 0 Å². The van der Waals surface area contributed by atoms with Crippen LogP contribution in [0.2, 0.25) is 0 Å². The minimum Gasteiger partial charge on any atom is -0.191 e. The predicted octanol–water partition coefficient (Wildman–Crippen LogP) is 8.59. The highest BCUT2D eigenvalue weighted by Crippen LogP contribution is 2.25. The third-order valence-electron chi connectivity index (χ3n) is 3.70. The van der Waals surface area contributed by atoms with Crippen molar-refractivity contribution < 1.29 is 0 Å². The highest BCUT2D eigenvalue weighted by Gasteiger charge is 2.13. The van der Waals surface area contributed by atoms with Gasteiger partial charge in [-0.2, -0.15) is 15.8 Å². The van der Waals surface area contributed by atoms with Crippen molar-refractivity contribution in [3.05, 3.63) is 60.2 Å². The SMILES string of the molecule is C=CCC(C)(C)/C=C(/Cl)C#N.C=CCC(C)(C)/C=C(\Cl)C#N.C=CCC(C)(C)C#CC#N. The standard InChI is InChI=1S/2C9H12ClN.C9H11N/c2*1-4-5-9(2,3)6-8(10)7-11;1-4-6-9(2,3)7-5-8-10/h2*4,6H,1,5H2,2-3H3;4H,1,6H2,2-3H3/b8-6+;8-6-;. The van der Waals surface area contributed by atoms with E-state index in [0.29, 0.717) is 0 Å². The van der Waals surface area contributed by atoms with Gasteiger partial charge < -0.3 is 0 Å². The van der Waals surface area contributed by atoms with E-state index in [4.69, 9.17) is 39.0 Å². The molecule has 0 rings (SSSR count). The van der Waals surface area contributed by atoms with E-state index < -0.39 is 0 Å². The maximum absolute atomic E-state index is 8.39. The Morgan fingerprint density at radius 3 is 1.31 bits per heavy atom. The van der Waals surface area contributed by atoms with Gasteiger partial charge in [-0.05, 0) is 56.1 Å². The summed E-state index contributed by atoms with van der Waals surface area (Å²) in [6.07, 6.45) is 11.4. The Hall–Kier alpha value is -2.69. The lowest BCUT2D eigenvalue weighted by Crippen LogP contribution is -2.05. The van der Waals surface area contributed by atoms with Crippen LogP contribution in [0.4, 0.5) is 0 Å². The molecule has 0 amide bonds. The zero-order chi connectivity index (χ0) is 25.8. The molecular formula is C27H35Cl2N3. The van der Waals surface area contributed by atoms with Crippen LogP contribution >= 0.6 is 23.2 Å². The van der Waals surface area contributed by atoms with Gasteiger partial charge in [0.15, 0.2) is 6.07 Å². The lowest BCUT2D eigenvalue weighted by Gasteiger charge is -2.16. The number of halogens is 2. The highest BCUT2D eigenvalue weighted by molar-refractivity contribution is 6.32. The molecule has 5 heteroatoms. The van der Waals surface area contributed by atoms with Crippen LogP contribution in [-0.2, 0) is 0 Å². The molecule has 0 heterocycles. The van der Waals surface area contributed by atoms with E-state index in [1.165, 1.54) is 0 Å². The number of nitriles is 3. The second-order valence-corrected chi connectivity index (χ2v) is 9.72. The molecule has 0 atom stereocenters. The van der Waals surface area contributed by atoms with Crippen LogP contribution in [0.25, 0.3) is 0 Å². The number of rotatable bonds is 8. The molecule has 0 aromatic heterocycles. The average Bonchev–Trinajstić information content (AvgIpc) is 2.66. The van der Waals surface area contributed by atoms with E-state index in [1.807, 2.05) is 71.9 Å². The third kappa shape index (κ3) is 23.6. The first-order valence-electron chi connectivity index (χ1n) is 9.96. The Labute approximate surface area is 206 Å². The first-order chi connectivity index (χ1) is 14.7. The van der Waals surface area contributed by atoms with Crippen LogP contribution in [0, 0.1) is 62.1 Å². The van der Waals surface area contributed by atoms with Gasteiger partial charge in [-0.3, -0.25) is 0 Å².